The highest BCUT2D eigenvalue weighted by Gasteiger charge is 2.15. The molecule has 0 radical (unpaired) electrons. The molecule has 3 N–H and O–H groups in total. The summed E-state index contributed by atoms with van der Waals surface area (Å²) in [5.74, 6) is 4.74. The summed E-state index contributed by atoms with van der Waals surface area (Å²) in [6, 6.07) is 0. The normalized spacial score (nSPS) is 10.3. The van der Waals surface area contributed by atoms with Gasteiger partial charge in [-0.05, 0) is 28.8 Å². The number of hydrogen-bond acceptors (Lipinski definition) is 5. The number of aromatic nitrogens is 1. The highest BCUT2D eigenvalue weighted by Crippen LogP contribution is 2.12. The van der Waals surface area contributed by atoms with Crippen molar-refractivity contribution in [2.75, 3.05) is 0 Å². The van der Waals surface area contributed by atoms with Gasteiger partial charge in [0.25, 0.3) is 5.43 Å². The Labute approximate surface area is 123 Å². The lowest BCUT2D eigenvalue weighted by molar-refractivity contribution is -0.386. The summed E-state index contributed by atoms with van der Waals surface area (Å²) in [7, 11) is 0. The average molecular weight is 347 g/mol. The Balaban J connectivity index is 2.55. The fourth-order valence-electron chi connectivity index (χ4n) is 1.67. The van der Waals surface area contributed by atoms with Gasteiger partial charge in [0.15, 0.2) is 0 Å². The molecule has 0 saturated carbocycles. The summed E-state index contributed by atoms with van der Waals surface area (Å²) in [6.07, 6.45) is 5.30. The second-order valence-electron chi connectivity index (χ2n) is 4.19. The number of pyridine rings is 1. The monoisotopic (exact) mass is 346 g/mol. The zero-order chi connectivity index (χ0) is 15.1. The van der Waals surface area contributed by atoms with E-state index in [1.54, 1.807) is 4.57 Å². The molecule has 0 spiro atoms. The molecule has 1 aromatic heterocycles. The van der Waals surface area contributed by atoms with Crippen LogP contribution in [0.25, 0.3) is 0 Å². The number of nitrogens with two attached hydrogens (primary N) is 1. The number of carbonyl (C=O) groups excluding carboxylic acids is 1. The first-order valence-electron chi connectivity index (χ1n) is 5.99. The Morgan fingerprint density at radius 1 is 1.40 bits per heavy atom. The third-order valence-electron chi connectivity index (χ3n) is 2.69. The number of hydrazine groups is 1. The second kappa shape index (κ2) is 7.75. The molecular weight excluding hydrogens is 332 g/mol. The number of rotatable bonds is 7. The lowest BCUT2D eigenvalue weighted by Gasteiger charge is -2.06. The van der Waals surface area contributed by atoms with E-state index in [0.29, 0.717) is 19.4 Å². The van der Waals surface area contributed by atoms with E-state index in [-0.39, 0.29) is 10.4 Å². The van der Waals surface area contributed by atoms with E-state index in [9.17, 15) is 19.7 Å². The Morgan fingerprint density at radius 2 is 2.10 bits per heavy atom. The first-order chi connectivity index (χ1) is 9.45. The summed E-state index contributed by atoms with van der Waals surface area (Å²) < 4.78 is 1.75. The molecule has 1 heterocycles. The summed E-state index contributed by atoms with van der Waals surface area (Å²) in [4.78, 5) is 32.4. The topological polar surface area (TPSA) is 120 Å². The van der Waals surface area contributed by atoms with Crippen LogP contribution in [0.1, 0.15) is 25.7 Å². The molecule has 0 fully saturated rings. The van der Waals surface area contributed by atoms with Gasteiger partial charge in [-0.15, -0.1) is 0 Å². The molecule has 0 aliphatic carbocycles. The van der Waals surface area contributed by atoms with Crippen molar-refractivity contribution in [3.05, 3.63) is 37.2 Å². The van der Waals surface area contributed by atoms with E-state index in [4.69, 9.17) is 5.84 Å². The molecule has 110 valence electrons. The molecule has 20 heavy (non-hydrogen) atoms. The van der Waals surface area contributed by atoms with Crippen LogP contribution in [0.15, 0.2) is 21.7 Å². The lowest BCUT2D eigenvalue weighted by Crippen LogP contribution is -2.29. The quantitative estimate of drug-likeness (QED) is 0.251. The molecule has 1 aromatic rings. The first-order valence-corrected chi connectivity index (χ1v) is 6.78. The smallest absolute Gasteiger partial charge is 0.333 e. The van der Waals surface area contributed by atoms with Gasteiger partial charge in [-0.1, -0.05) is 6.42 Å². The van der Waals surface area contributed by atoms with Gasteiger partial charge in [0, 0.05) is 19.2 Å². The minimum atomic E-state index is -0.699. The molecule has 0 aromatic carbocycles. The Morgan fingerprint density at radius 3 is 2.70 bits per heavy atom. The van der Waals surface area contributed by atoms with Gasteiger partial charge in [0.05, 0.1) is 15.6 Å². The van der Waals surface area contributed by atoms with Crippen LogP contribution < -0.4 is 16.7 Å². The van der Waals surface area contributed by atoms with Gasteiger partial charge in [-0.3, -0.25) is 25.1 Å². The van der Waals surface area contributed by atoms with Crippen LogP contribution in [0.5, 0.6) is 0 Å². The number of nitrogens with zero attached hydrogens (tertiary/aromatic N) is 2. The Hall–Kier alpha value is -1.74. The molecule has 8 nitrogen and oxygen atoms in total. The highest BCUT2D eigenvalue weighted by atomic mass is 79.9. The van der Waals surface area contributed by atoms with Crippen molar-refractivity contribution in [1.29, 1.82) is 0 Å². The third kappa shape index (κ3) is 4.74. The molecule has 0 aliphatic heterocycles. The molecule has 0 unspecified atom stereocenters. The number of unbranched alkanes of at least 4 members (excludes halogenated alkanes) is 2. The standard InChI is InChI=1S/C11H15BrN4O4/c12-8-6-15(7-9(11(8)18)16(19)20)5-3-1-2-4-10(17)14-13/h6-7H,1-5,13H2,(H,14,17). The van der Waals surface area contributed by atoms with E-state index < -0.39 is 16.0 Å². The van der Waals surface area contributed by atoms with Gasteiger partial charge in [-0.2, -0.15) is 0 Å². The fraction of sp³-hybridized carbons (Fsp3) is 0.455. The summed E-state index contributed by atoms with van der Waals surface area (Å²) in [5, 5.41) is 10.7. The van der Waals surface area contributed by atoms with Crippen molar-refractivity contribution >= 4 is 27.5 Å². The predicted molar refractivity (Wildman–Crippen MR) is 75.9 cm³/mol. The number of amides is 1. The van der Waals surface area contributed by atoms with E-state index in [1.807, 2.05) is 5.43 Å². The number of nitrogens with one attached hydrogen (secondary N) is 1. The number of hydrogen-bond donors (Lipinski definition) is 2. The summed E-state index contributed by atoms with van der Waals surface area (Å²) >= 11 is 3.01. The van der Waals surface area contributed by atoms with Gasteiger partial charge in [0.1, 0.15) is 0 Å². The van der Waals surface area contributed by atoms with E-state index in [0.717, 1.165) is 12.8 Å². The largest absolute Gasteiger partial charge is 0.347 e. The van der Waals surface area contributed by atoms with Crippen molar-refractivity contribution < 1.29 is 9.72 Å². The second-order valence-corrected chi connectivity index (χ2v) is 5.05. The Kier molecular flexibility index (Phi) is 6.32. The van der Waals surface area contributed by atoms with Crippen molar-refractivity contribution in [2.45, 2.75) is 32.2 Å². The molecule has 9 heteroatoms. The third-order valence-corrected chi connectivity index (χ3v) is 3.26. The maximum atomic E-state index is 11.5. The Bertz CT molecular complexity index is 558. The average Bonchev–Trinajstić information content (AvgIpc) is 2.41. The summed E-state index contributed by atoms with van der Waals surface area (Å²) in [5.41, 5.74) is 0.957. The molecule has 0 aliphatic rings. The van der Waals surface area contributed by atoms with Crippen molar-refractivity contribution in [3.8, 4) is 0 Å². The predicted octanol–water partition coefficient (Wildman–Crippen LogP) is 1.07. The van der Waals surface area contributed by atoms with Gasteiger partial charge in [0.2, 0.25) is 5.91 Å². The number of halogens is 1. The van der Waals surface area contributed by atoms with Crippen LogP contribution in [0.3, 0.4) is 0 Å². The van der Waals surface area contributed by atoms with Crippen LogP contribution >= 0.6 is 15.9 Å². The van der Waals surface area contributed by atoms with E-state index in [2.05, 4.69) is 15.9 Å². The fourth-order valence-corrected chi connectivity index (χ4v) is 2.13. The number of carbonyl (C=O) groups is 1. The SMILES string of the molecule is NNC(=O)CCCCCn1cc(Br)c(=O)c([N+](=O)[O-])c1. The van der Waals surface area contributed by atoms with Gasteiger partial charge < -0.3 is 4.57 Å². The van der Waals surface area contributed by atoms with Crippen molar-refractivity contribution in [1.82, 2.24) is 9.99 Å². The maximum Gasteiger partial charge on any atom is 0.333 e. The van der Waals surface area contributed by atoms with Crippen molar-refractivity contribution in [2.24, 2.45) is 5.84 Å². The molecule has 0 atom stereocenters. The van der Waals surface area contributed by atoms with Crippen LogP contribution in [-0.4, -0.2) is 15.4 Å². The minimum Gasteiger partial charge on any atom is -0.347 e. The van der Waals surface area contributed by atoms with Crippen LogP contribution in [0, 0.1) is 10.1 Å². The highest BCUT2D eigenvalue weighted by molar-refractivity contribution is 9.10. The molecule has 0 saturated heterocycles. The lowest BCUT2D eigenvalue weighted by atomic mass is 10.2. The van der Waals surface area contributed by atoms with Gasteiger partial charge >= 0.3 is 5.69 Å². The maximum absolute atomic E-state index is 11.5. The zero-order valence-corrected chi connectivity index (χ0v) is 12.3. The molecule has 1 amide bonds. The molecular formula is C11H15BrN4O4. The van der Waals surface area contributed by atoms with Crippen molar-refractivity contribution in [3.63, 3.8) is 0 Å². The van der Waals surface area contributed by atoms with Crippen LogP contribution in [-0.2, 0) is 11.3 Å². The minimum absolute atomic E-state index is 0.161. The van der Waals surface area contributed by atoms with E-state index in [1.165, 1.54) is 12.4 Å². The van der Waals surface area contributed by atoms with Crippen LogP contribution in [0.2, 0.25) is 0 Å². The molecule has 1 rings (SSSR count). The number of nitro groups is 1. The molecule has 0 bridgehead atoms. The zero-order valence-electron chi connectivity index (χ0n) is 10.7. The number of aryl methyl sites for hydroxylation is 1. The van der Waals surface area contributed by atoms with E-state index >= 15 is 0 Å². The summed E-state index contributed by atoms with van der Waals surface area (Å²) in [6.45, 7) is 0.532. The van der Waals surface area contributed by atoms with Crippen LogP contribution in [0.4, 0.5) is 5.69 Å². The first kappa shape index (κ1) is 16.3. The van der Waals surface area contributed by atoms with Gasteiger partial charge in [-0.25, -0.2) is 5.84 Å².